The van der Waals surface area contributed by atoms with E-state index in [0.29, 0.717) is 79.2 Å². The predicted octanol–water partition coefficient (Wildman–Crippen LogP) is 10.7. The molecule has 0 saturated carbocycles. The number of aromatic nitrogens is 8. The smallest absolute Gasteiger partial charge is 0.262 e. The normalized spacial score (nSPS) is 12.8. The number of nitrogens with one attached hydrogen (secondary N) is 2. The summed E-state index contributed by atoms with van der Waals surface area (Å²) in [5.41, 5.74) is 6.75. The molecule has 0 aliphatic heterocycles. The highest BCUT2D eigenvalue weighted by Gasteiger charge is 2.28. The molecule has 19 heteroatoms. The minimum atomic E-state index is -3.94. The Kier molecular flexibility index (Phi) is 14.0. The van der Waals surface area contributed by atoms with E-state index in [0.717, 1.165) is 11.1 Å². The van der Waals surface area contributed by atoms with Gasteiger partial charge in [-0.1, -0.05) is 109 Å². The number of ether oxygens (including phenoxy) is 2. The van der Waals surface area contributed by atoms with Gasteiger partial charge in [0.15, 0.2) is 28.1 Å². The Morgan fingerprint density at radius 3 is 1.26 bits per heavy atom. The van der Waals surface area contributed by atoms with Crippen LogP contribution in [0.4, 0.5) is 11.4 Å². The topological polar surface area (TPSA) is 215 Å². The minimum Gasteiger partial charge on any atom is -0.437 e. The summed E-state index contributed by atoms with van der Waals surface area (Å²) in [7, 11) is -4.21. The van der Waals surface area contributed by atoms with Crippen molar-refractivity contribution in [3.63, 3.8) is 0 Å². The van der Waals surface area contributed by atoms with Gasteiger partial charge in [0.05, 0.1) is 34.3 Å². The number of hydrogen-bond acceptors (Lipinski definition) is 13. The molecule has 380 valence electrons. The van der Waals surface area contributed by atoms with Crippen molar-refractivity contribution in [2.75, 3.05) is 9.44 Å². The second kappa shape index (κ2) is 21.3. The molecule has 0 saturated heterocycles. The molecule has 10 aromatic rings. The lowest BCUT2D eigenvalue weighted by Crippen LogP contribution is -2.19. The van der Waals surface area contributed by atoms with Crippen molar-refractivity contribution in [2.45, 2.75) is 35.5 Å². The fraction of sp³-hybridized carbons (Fsp3) is 0.105. The van der Waals surface area contributed by atoms with Crippen LogP contribution in [0.2, 0.25) is 0 Å². The summed E-state index contributed by atoms with van der Waals surface area (Å²) in [6.45, 7) is 3.45. The summed E-state index contributed by atoms with van der Waals surface area (Å²) in [6.07, 6.45) is 13.4. The van der Waals surface area contributed by atoms with Crippen molar-refractivity contribution >= 4 is 71.7 Å². The highest BCUT2D eigenvalue weighted by molar-refractivity contribution is 7.93. The third kappa shape index (κ3) is 11.0. The largest absolute Gasteiger partial charge is 0.437 e. The van der Waals surface area contributed by atoms with Gasteiger partial charge in [0.25, 0.3) is 31.8 Å². The molecule has 76 heavy (non-hydrogen) atoms. The lowest BCUT2D eigenvalue weighted by molar-refractivity contribution is -0.120. The van der Waals surface area contributed by atoms with Crippen LogP contribution in [0.25, 0.3) is 34.5 Å². The predicted molar refractivity (Wildman–Crippen MR) is 291 cm³/mol. The molecule has 0 radical (unpaired) electrons. The van der Waals surface area contributed by atoms with Gasteiger partial charge in [0.1, 0.15) is 24.2 Å². The zero-order valence-corrected chi connectivity index (χ0v) is 43.0. The van der Waals surface area contributed by atoms with Crippen molar-refractivity contribution < 1.29 is 31.1 Å². The van der Waals surface area contributed by atoms with Gasteiger partial charge in [-0.15, -0.1) is 0 Å². The number of imidazole rings is 2. The number of Topliss-reactive ketones (excluding diaryl/α,β-unsaturated/α-hetero) is 1. The molecule has 2 atom stereocenters. The number of carbonyl (C=O) groups is 1. The van der Waals surface area contributed by atoms with Crippen molar-refractivity contribution in [2.24, 2.45) is 14.1 Å². The zero-order chi connectivity index (χ0) is 53.0. The highest BCUT2D eigenvalue weighted by atomic mass is 32.2. The van der Waals surface area contributed by atoms with Gasteiger partial charge in [-0.3, -0.25) is 14.2 Å². The molecule has 0 aliphatic rings. The number of fused-ring (bicyclic) bond motifs is 2. The average molecular weight is 1050 g/mol. The standard InChI is InChI=1S/C57H48N10O7S2/c1-37-9-5-7-11-49(37)75(69,70)64-43-23-19-41(20-24-43)47(31-17-39-13-27-45(28-14-39)73-56-51-54(58-33-60-56)66(3)35-62-51)53(68)48(42-21-25-44(26-22-42)65-76(71,72)50-12-8-6-10-38(50)2)32-18-40-15-29-46(30-16-40)74-57-52-55(59-34-61-57)67(4)36-63-52/h5-36,47-48,64-65H,1-4H3/b31-17+,32-18+. The van der Waals surface area contributed by atoms with Crippen molar-refractivity contribution in [3.8, 4) is 23.3 Å². The molecule has 0 aliphatic carbocycles. The second-order valence-corrected chi connectivity index (χ2v) is 21.1. The quantitative estimate of drug-likeness (QED) is 0.0819. The Hall–Kier alpha value is -9.33. The Morgan fingerprint density at radius 1 is 0.500 bits per heavy atom. The lowest BCUT2D eigenvalue weighted by Gasteiger charge is -2.20. The molecule has 6 aromatic carbocycles. The third-order valence-electron chi connectivity index (χ3n) is 12.5. The Labute approximate surface area is 438 Å². The van der Waals surface area contributed by atoms with E-state index in [4.69, 9.17) is 9.47 Å². The number of anilines is 2. The number of benzene rings is 6. The van der Waals surface area contributed by atoms with Crippen LogP contribution in [0.5, 0.6) is 23.3 Å². The molecular weight excluding hydrogens is 1000 g/mol. The minimum absolute atomic E-state index is 0.149. The fourth-order valence-corrected chi connectivity index (χ4v) is 11.1. The summed E-state index contributed by atoms with van der Waals surface area (Å²) in [5, 5.41) is 0. The highest BCUT2D eigenvalue weighted by Crippen LogP contribution is 2.34. The summed E-state index contributed by atoms with van der Waals surface area (Å²) in [4.78, 5) is 41.7. The first-order chi connectivity index (χ1) is 36.7. The number of allylic oxidation sites excluding steroid dienone is 2. The zero-order valence-electron chi connectivity index (χ0n) is 41.4. The van der Waals surface area contributed by atoms with Gasteiger partial charge < -0.3 is 18.6 Å². The molecule has 10 rings (SSSR count). The van der Waals surface area contributed by atoms with Crippen LogP contribution in [0.3, 0.4) is 0 Å². The number of rotatable bonds is 18. The number of hydrogen-bond donors (Lipinski definition) is 2. The number of nitrogens with zero attached hydrogens (tertiary/aromatic N) is 8. The van der Waals surface area contributed by atoms with E-state index in [1.165, 1.54) is 12.7 Å². The van der Waals surface area contributed by atoms with E-state index >= 15 is 4.79 Å². The van der Waals surface area contributed by atoms with Crippen LogP contribution in [-0.4, -0.2) is 61.7 Å². The van der Waals surface area contributed by atoms with Crippen LogP contribution in [0.15, 0.2) is 193 Å². The summed E-state index contributed by atoms with van der Waals surface area (Å²) >= 11 is 0. The van der Waals surface area contributed by atoms with E-state index in [2.05, 4.69) is 39.3 Å². The summed E-state index contributed by atoms with van der Waals surface area (Å²) in [6, 6.07) is 41.3. The first kappa shape index (κ1) is 50.2. The van der Waals surface area contributed by atoms with E-state index in [1.54, 1.807) is 169 Å². The maximum atomic E-state index is 15.5. The van der Waals surface area contributed by atoms with E-state index in [1.807, 2.05) is 50.5 Å². The summed E-state index contributed by atoms with van der Waals surface area (Å²) in [5.74, 6) is -0.396. The Morgan fingerprint density at radius 2 is 0.882 bits per heavy atom. The lowest BCUT2D eigenvalue weighted by atomic mass is 9.82. The monoisotopic (exact) mass is 1050 g/mol. The van der Waals surface area contributed by atoms with Gasteiger partial charge in [-0.2, -0.15) is 9.97 Å². The van der Waals surface area contributed by atoms with E-state index in [9.17, 15) is 16.8 Å². The molecular formula is C57H48N10O7S2. The van der Waals surface area contributed by atoms with Gasteiger partial charge in [-0.25, -0.2) is 36.8 Å². The van der Waals surface area contributed by atoms with Crippen LogP contribution in [0.1, 0.15) is 45.2 Å². The molecule has 17 nitrogen and oxygen atoms in total. The molecule has 2 unspecified atom stereocenters. The number of sulfonamides is 2. The molecule has 0 fully saturated rings. The van der Waals surface area contributed by atoms with Crippen LogP contribution in [0, 0.1) is 13.8 Å². The van der Waals surface area contributed by atoms with Gasteiger partial charge in [0.2, 0.25) is 0 Å². The molecule has 4 heterocycles. The van der Waals surface area contributed by atoms with Crippen molar-refractivity contribution in [1.29, 1.82) is 0 Å². The average Bonchev–Trinajstić information content (AvgIpc) is 4.00. The van der Waals surface area contributed by atoms with Crippen LogP contribution < -0.4 is 18.9 Å². The maximum absolute atomic E-state index is 15.5. The van der Waals surface area contributed by atoms with Crippen molar-refractivity contribution in [1.82, 2.24) is 39.0 Å². The fourth-order valence-electron chi connectivity index (χ4n) is 8.52. The number of carbonyl (C=O) groups excluding carboxylic acids is 1. The van der Waals surface area contributed by atoms with Gasteiger partial charge >= 0.3 is 0 Å². The Balaban J connectivity index is 0.984. The SMILES string of the molecule is Cc1ccccc1S(=O)(=O)Nc1ccc(C(/C=C/c2ccc(Oc3ncnc4c3ncn4C)cc2)C(=O)C(/C=C/c2ccc(Oc3ncnc4c3ncn4C)cc2)c2ccc(NS(=O)(=O)c3ccccc3C)cc2)cc1. The third-order valence-corrected chi connectivity index (χ3v) is 15.6. The van der Waals surface area contributed by atoms with E-state index < -0.39 is 31.9 Å². The summed E-state index contributed by atoms with van der Waals surface area (Å²) < 4.78 is 75.2. The molecule has 0 amide bonds. The first-order valence-corrected chi connectivity index (χ1v) is 26.7. The molecule has 2 N–H and O–H groups in total. The molecule has 4 aromatic heterocycles. The number of ketones is 1. The first-order valence-electron chi connectivity index (χ1n) is 23.8. The van der Waals surface area contributed by atoms with Gasteiger partial charge in [-0.05, 0) is 108 Å². The second-order valence-electron chi connectivity index (χ2n) is 17.8. The van der Waals surface area contributed by atoms with E-state index in [-0.39, 0.29) is 15.6 Å². The van der Waals surface area contributed by atoms with Crippen LogP contribution >= 0.6 is 0 Å². The molecule has 0 bridgehead atoms. The maximum Gasteiger partial charge on any atom is 0.262 e. The van der Waals surface area contributed by atoms with Crippen molar-refractivity contribution in [3.05, 3.63) is 216 Å². The van der Waals surface area contributed by atoms with Crippen LogP contribution in [-0.2, 0) is 38.9 Å². The molecule has 0 spiro atoms. The Bertz CT molecular complexity index is 3790. The van der Waals surface area contributed by atoms with Gasteiger partial charge in [0, 0.05) is 25.5 Å². The number of aryl methyl sites for hydroxylation is 4.